The number of anilines is 1. The molecular weight excluding hydrogens is 354 g/mol. The normalized spacial score (nSPS) is 10.4. The van der Waals surface area contributed by atoms with Crippen molar-refractivity contribution in [2.24, 2.45) is 0 Å². The van der Waals surface area contributed by atoms with Crippen LogP contribution in [-0.4, -0.2) is 27.8 Å². The molecule has 1 aromatic carbocycles. The second-order valence-electron chi connectivity index (χ2n) is 5.10. The maximum absolute atomic E-state index is 11.9. The molecule has 0 atom stereocenters. The lowest BCUT2D eigenvalue weighted by molar-refractivity contribution is 0.252. The topological polar surface area (TPSA) is 79.8 Å². The van der Waals surface area contributed by atoms with E-state index in [9.17, 15) is 4.79 Å². The standard InChI is InChI=1S/C17H17N5OS2/c23-15(19-11-9-13-6-2-1-3-7-13)20-16-21-22-17(25-16)24-12-14-8-4-5-10-18-14/h1-8,10H,9,11-12H2,(H2,19,20,21,23). The molecular formula is C17H17N5OS2. The van der Waals surface area contributed by atoms with Gasteiger partial charge in [0.25, 0.3) is 0 Å². The molecule has 0 fully saturated rings. The molecule has 0 radical (unpaired) electrons. The molecule has 2 N–H and O–H groups in total. The van der Waals surface area contributed by atoms with E-state index in [0.717, 1.165) is 22.2 Å². The van der Waals surface area contributed by atoms with Crippen LogP contribution in [0.15, 0.2) is 59.1 Å². The minimum atomic E-state index is -0.270. The van der Waals surface area contributed by atoms with Crippen LogP contribution < -0.4 is 10.6 Å². The first kappa shape index (κ1) is 17.4. The van der Waals surface area contributed by atoms with Gasteiger partial charge in [-0.25, -0.2) is 4.79 Å². The summed E-state index contributed by atoms with van der Waals surface area (Å²) in [5, 5.41) is 14.1. The van der Waals surface area contributed by atoms with Gasteiger partial charge in [-0.2, -0.15) is 0 Å². The van der Waals surface area contributed by atoms with Crippen LogP contribution in [0, 0.1) is 0 Å². The van der Waals surface area contributed by atoms with Crippen molar-refractivity contribution in [3.8, 4) is 0 Å². The van der Waals surface area contributed by atoms with Crippen LogP contribution in [0.3, 0.4) is 0 Å². The number of rotatable bonds is 7. The van der Waals surface area contributed by atoms with E-state index in [2.05, 4.69) is 25.8 Å². The fourth-order valence-corrected chi connectivity index (χ4v) is 3.71. The van der Waals surface area contributed by atoms with Crippen LogP contribution in [0.1, 0.15) is 11.3 Å². The molecule has 0 aliphatic rings. The van der Waals surface area contributed by atoms with Crippen molar-refractivity contribution in [2.45, 2.75) is 16.5 Å². The van der Waals surface area contributed by atoms with Crippen molar-refractivity contribution in [1.82, 2.24) is 20.5 Å². The number of amides is 2. The predicted octanol–water partition coefficient (Wildman–Crippen LogP) is 3.59. The summed E-state index contributed by atoms with van der Waals surface area (Å²) < 4.78 is 0.797. The summed E-state index contributed by atoms with van der Waals surface area (Å²) in [5.74, 6) is 0.721. The first-order chi connectivity index (χ1) is 12.3. The fraction of sp³-hybridized carbons (Fsp3) is 0.176. The molecule has 2 aromatic heterocycles. The number of nitrogens with zero attached hydrogens (tertiary/aromatic N) is 3. The largest absolute Gasteiger partial charge is 0.337 e. The lowest BCUT2D eigenvalue weighted by Crippen LogP contribution is -2.30. The minimum Gasteiger partial charge on any atom is -0.337 e. The Hall–Kier alpha value is -2.45. The second kappa shape index (κ2) is 9.14. The second-order valence-corrected chi connectivity index (χ2v) is 7.30. The third kappa shape index (κ3) is 5.84. The van der Waals surface area contributed by atoms with Crippen LogP contribution in [0.2, 0.25) is 0 Å². The third-order valence-corrected chi connectivity index (χ3v) is 5.24. The average molecular weight is 371 g/mol. The smallest absolute Gasteiger partial charge is 0.321 e. The molecule has 0 aliphatic heterocycles. The number of urea groups is 1. The molecule has 0 unspecified atom stereocenters. The summed E-state index contributed by atoms with van der Waals surface area (Å²) in [7, 11) is 0. The summed E-state index contributed by atoms with van der Waals surface area (Å²) in [5.41, 5.74) is 2.17. The van der Waals surface area contributed by atoms with E-state index in [0.29, 0.717) is 11.7 Å². The zero-order chi connectivity index (χ0) is 17.3. The number of thioether (sulfide) groups is 1. The van der Waals surface area contributed by atoms with Gasteiger partial charge in [-0.3, -0.25) is 10.3 Å². The van der Waals surface area contributed by atoms with Gasteiger partial charge >= 0.3 is 6.03 Å². The first-order valence-corrected chi connectivity index (χ1v) is 9.55. The van der Waals surface area contributed by atoms with E-state index in [1.54, 1.807) is 18.0 Å². The van der Waals surface area contributed by atoms with Gasteiger partial charge < -0.3 is 5.32 Å². The Kier molecular flexibility index (Phi) is 6.35. The summed E-state index contributed by atoms with van der Waals surface area (Å²) in [4.78, 5) is 16.2. The summed E-state index contributed by atoms with van der Waals surface area (Å²) >= 11 is 2.90. The maximum atomic E-state index is 11.9. The highest BCUT2D eigenvalue weighted by atomic mass is 32.2. The van der Waals surface area contributed by atoms with Crippen LogP contribution in [0.25, 0.3) is 0 Å². The molecule has 2 heterocycles. The Labute approximate surface area is 154 Å². The van der Waals surface area contributed by atoms with E-state index in [4.69, 9.17) is 0 Å². The monoisotopic (exact) mass is 371 g/mol. The summed E-state index contributed by atoms with van der Waals surface area (Å²) in [6.45, 7) is 0.565. The van der Waals surface area contributed by atoms with E-state index >= 15 is 0 Å². The molecule has 0 saturated carbocycles. The van der Waals surface area contributed by atoms with E-state index < -0.39 is 0 Å². The van der Waals surface area contributed by atoms with E-state index in [1.165, 1.54) is 16.9 Å². The molecule has 0 saturated heterocycles. The number of nitrogens with one attached hydrogen (secondary N) is 2. The third-order valence-electron chi connectivity index (χ3n) is 3.24. The number of pyridine rings is 1. The molecule has 2 amide bonds. The number of hydrogen-bond donors (Lipinski definition) is 2. The zero-order valence-electron chi connectivity index (χ0n) is 13.4. The molecule has 25 heavy (non-hydrogen) atoms. The molecule has 0 bridgehead atoms. The average Bonchev–Trinajstić information content (AvgIpc) is 3.09. The number of hydrogen-bond acceptors (Lipinski definition) is 6. The van der Waals surface area contributed by atoms with Gasteiger partial charge in [-0.1, -0.05) is 59.5 Å². The molecule has 128 valence electrons. The van der Waals surface area contributed by atoms with Gasteiger partial charge in [0.2, 0.25) is 5.13 Å². The molecule has 3 rings (SSSR count). The van der Waals surface area contributed by atoms with Crippen molar-refractivity contribution in [2.75, 3.05) is 11.9 Å². The van der Waals surface area contributed by atoms with Gasteiger partial charge in [0.05, 0.1) is 5.69 Å². The highest BCUT2D eigenvalue weighted by Gasteiger charge is 2.08. The summed E-state index contributed by atoms with van der Waals surface area (Å²) in [6.07, 6.45) is 2.55. The van der Waals surface area contributed by atoms with Crippen LogP contribution in [0.5, 0.6) is 0 Å². The molecule has 0 aliphatic carbocycles. The predicted molar refractivity (Wildman–Crippen MR) is 101 cm³/mol. The van der Waals surface area contributed by atoms with Crippen molar-refractivity contribution in [1.29, 1.82) is 0 Å². The van der Waals surface area contributed by atoms with Gasteiger partial charge in [-0.05, 0) is 24.1 Å². The highest BCUT2D eigenvalue weighted by Crippen LogP contribution is 2.27. The number of carbonyl (C=O) groups excluding carboxylic acids is 1. The van der Waals surface area contributed by atoms with Crippen molar-refractivity contribution < 1.29 is 4.79 Å². The number of aromatic nitrogens is 3. The lowest BCUT2D eigenvalue weighted by Gasteiger charge is -2.04. The van der Waals surface area contributed by atoms with E-state index in [1.807, 2.05) is 48.5 Å². The van der Waals surface area contributed by atoms with E-state index in [-0.39, 0.29) is 6.03 Å². The molecule has 8 heteroatoms. The van der Waals surface area contributed by atoms with Crippen molar-refractivity contribution in [3.63, 3.8) is 0 Å². The SMILES string of the molecule is O=C(NCCc1ccccc1)Nc1nnc(SCc2ccccn2)s1. The quantitative estimate of drug-likeness (QED) is 0.490. The lowest BCUT2D eigenvalue weighted by atomic mass is 10.1. The van der Waals surface area contributed by atoms with Crippen LogP contribution in [0.4, 0.5) is 9.93 Å². The highest BCUT2D eigenvalue weighted by molar-refractivity contribution is 8.00. The van der Waals surface area contributed by atoms with Crippen LogP contribution in [-0.2, 0) is 12.2 Å². The minimum absolute atomic E-state index is 0.270. The number of benzene rings is 1. The Morgan fingerprint density at radius 1 is 1.08 bits per heavy atom. The van der Waals surface area contributed by atoms with Crippen molar-refractivity contribution >= 4 is 34.3 Å². The van der Waals surface area contributed by atoms with Gasteiger partial charge in [0.1, 0.15) is 0 Å². The van der Waals surface area contributed by atoms with Crippen molar-refractivity contribution in [3.05, 3.63) is 66.0 Å². The Morgan fingerprint density at radius 3 is 2.72 bits per heavy atom. The van der Waals surface area contributed by atoms with Crippen LogP contribution >= 0.6 is 23.1 Å². The Balaban J connectivity index is 1.40. The zero-order valence-corrected chi connectivity index (χ0v) is 15.0. The van der Waals surface area contributed by atoms with Gasteiger partial charge in [0, 0.05) is 18.5 Å². The fourth-order valence-electron chi connectivity index (χ4n) is 2.04. The molecule has 3 aromatic rings. The first-order valence-electron chi connectivity index (χ1n) is 7.74. The molecule has 6 nitrogen and oxygen atoms in total. The Morgan fingerprint density at radius 2 is 1.92 bits per heavy atom. The maximum Gasteiger partial charge on any atom is 0.321 e. The Bertz CT molecular complexity index is 795. The molecule has 0 spiro atoms. The number of carbonyl (C=O) groups is 1. The summed E-state index contributed by atoms with van der Waals surface area (Å²) in [6, 6.07) is 15.6. The van der Waals surface area contributed by atoms with Gasteiger partial charge in [-0.15, -0.1) is 10.2 Å². The van der Waals surface area contributed by atoms with Gasteiger partial charge in [0.15, 0.2) is 4.34 Å².